The van der Waals surface area contributed by atoms with Crippen molar-refractivity contribution in [3.05, 3.63) is 60.2 Å². The van der Waals surface area contributed by atoms with E-state index in [4.69, 9.17) is 0 Å². The third kappa shape index (κ3) is 2.61. The summed E-state index contributed by atoms with van der Waals surface area (Å²) in [5, 5.41) is 13.4. The molecule has 2 aromatic carbocycles. The minimum absolute atomic E-state index is 0.272. The summed E-state index contributed by atoms with van der Waals surface area (Å²) < 4.78 is 0. The number of anilines is 1. The van der Waals surface area contributed by atoms with Crippen molar-refractivity contribution in [2.45, 2.75) is 6.54 Å². The SMILES string of the molecule is O=C(NCc1ccccc1)Nc1n[nH]c2ccccc12. The number of urea groups is 1. The second kappa shape index (κ2) is 5.44. The van der Waals surface area contributed by atoms with Gasteiger partial charge in [-0.3, -0.25) is 10.4 Å². The minimum Gasteiger partial charge on any atom is -0.334 e. The van der Waals surface area contributed by atoms with Crippen molar-refractivity contribution in [1.82, 2.24) is 15.5 Å². The fourth-order valence-corrected chi connectivity index (χ4v) is 1.99. The molecule has 0 unspecified atom stereocenters. The first kappa shape index (κ1) is 12.2. The molecule has 0 aliphatic heterocycles. The van der Waals surface area contributed by atoms with Crippen LogP contribution in [0.15, 0.2) is 54.6 Å². The smallest absolute Gasteiger partial charge is 0.320 e. The number of fused-ring (bicyclic) bond motifs is 1. The summed E-state index contributed by atoms with van der Waals surface area (Å²) in [6.45, 7) is 0.481. The molecule has 3 N–H and O–H groups in total. The fraction of sp³-hybridized carbons (Fsp3) is 0.0667. The van der Waals surface area contributed by atoms with Crippen LogP contribution in [0.5, 0.6) is 0 Å². The molecule has 0 saturated heterocycles. The zero-order chi connectivity index (χ0) is 13.8. The molecule has 0 radical (unpaired) electrons. The van der Waals surface area contributed by atoms with Gasteiger partial charge in [0.15, 0.2) is 5.82 Å². The lowest BCUT2D eigenvalue weighted by atomic mass is 10.2. The van der Waals surface area contributed by atoms with E-state index in [1.54, 1.807) is 0 Å². The molecule has 20 heavy (non-hydrogen) atoms. The molecule has 1 aromatic heterocycles. The average Bonchev–Trinajstić information content (AvgIpc) is 2.90. The Balaban J connectivity index is 1.64. The monoisotopic (exact) mass is 266 g/mol. The minimum atomic E-state index is -0.272. The lowest BCUT2D eigenvalue weighted by Crippen LogP contribution is -2.28. The Kier molecular flexibility index (Phi) is 3.33. The lowest BCUT2D eigenvalue weighted by molar-refractivity contribution is 0.251. The van der Waals surface area contributed by atoms with E-state index in [9.17, 15) is 4.79 Å². The van der Waals surface area contributed by atoms with Crippen LogP contribution in [0.3, 0.4) is 0 Å². The van der Waals surface area contributed by atoms with Crippen LogP contribution in [0.4, 0.5) is 10.6 Å². The summed E-state index contributed by atoms with van der Waals surface area (Å²) in [6, 6.07) is 17.1. The Morgan fingerprint density at radius 1 is 1.05 bits per heavy atom. The first-order valence-electron chi connectivity index (χ1n) is 6.35. The van der Waals surface area contributed by atoms with Crippen molar-refractivity contribution in [3.8, 4) is 0 Å². The number of hydrogen-bond acceptors (Lipinski definition) is 2. The van der Waals surface area contributed by atoms with E-state index in [0.717, 1.165) is 16.5 Å². The Hall–Kier alpha value is -2.82. The quantitative estimate of drug-likeness (QED) is 0.682. The highest BCUT2D eigenvalue weighted by atomic mass is 16.2. The van der Waals surface area contributed by atoms with Gasteiger partial charge in [-0.05, 0) is 17.7 Å². The number of nitrogens with one attached hydrogen (secondary N) is 3. The zero-order valence-electron chi connectivity index (χ0n) is 10.8. The molecule has 2 amide bonds. The van der Waals surface area contributed by atoms with Gasteiger partial charge in [0.05, 0.1) is 5.52 Å². The van der Waals surface area contributed by atoms with E-state index in [2.05, 4.69) is 20.8 Å². The van der Waals surface area contributed by atoms with E-state index in [1.807, 2.05) is 54.6 Å². The third-order valence-corrected chi connectivity index (χ3v) is 3.00. The van der Waals surface area contributed by atoms with Gasteiger partial charge in [-0.2, -0.15) is 5.10 Å². The molecule has 0 aliphatic carbocycles. The van der Waals surface area contributed by atoms with Gasteiger partial charge in [0.2, 0.25) is 0 Å². The molecule has 5 nitrogen and oxygen atoms in total. The van der Waals surface area contributed by atoms with Crippen molar-refractivity contribution >= 4 is 22.8 Å². The number of hydrogen-bond donors (Lipinski definition) is 3. The molecule has 3 rings (SSSR count). The van der Waals surface area contributed by atoms with Crippen LogP contribution >= 0.6 is 0 Å². The number of para-hydroxylation sites is 1. The predicted molar refractivity (Wildman–Crippen MR) is 78.4 cm³/mol. The van der Waals surface area contributed by atoms with E-state index in [-0.39, 0.29) is 6.03 Å². The first-order valence-corrected chi connectivity index (χ1v) is 6.35. The molecule has 0 bridgehead atoms. The Morgan fingerprint density at radius 2 is 1.80 bits per heavy atom. The van der Waals surface area contributed by atoms with Crippen LogP contribution in [0, 0.1) is 0 Å². The topological polar surface area (TPSA) is 69.8 Å². The molecule has 0 aliphatic rings. The van der Waals surface area contributed by atoms with Crippen LogP contribution in [0.25, 0.3) is 10.9 Å². The van der Waals surface area contributed by atoms with E-state index >= 15 is 0 Å². The molecule has 100 valence electrons. The maximum Gasteiger partial charge on any atom is 0.320 e. The van der Waals surface area contributed by atoms with Crippen LogP contribution in [-0.2, 0) is 6.54 Å². The average molecular weight is 266 g/mol. The maximum atomic E-state index is 11.9. The van der Waals surface area contributed by atoms with E-state index in [0.29, 0.717) is 12.4 Å². The maximum absolute atomic E-state index is 11.9. The molecule has 0 spiro atoms. The summed E-state index contributed by atoms with van der Waals surface area (Å²) in [4.78, 5) is 11.9. The van der Waals surface area contributed by atoms with Crippen molar-refractivity contribution in [3.63, 3.8) is 0 Å². The molecular formula is C15H14N4O. The Bertz CT molecular complexity index is 721. The molecule has 0 saturated carbocycles. The molecule has 0 fully saturated rings. The molecular weight excluding hydrogens is 252 g/mol. The number of aromatic amines is 1. The number of carbonyl (C=O) groups excluding carboxylic acids is 1. The second-order valence-electron chi connectivity index (χ2n) is 4.41. The van der Waals surface area contributed by atoms with Crippen molar-refractivity contribution in [2.75, 3.05) is 5.32 Å². The van der Waals surface area contributed by atoms with Crippen LogP contribution in [0.1, 0.15) is 5.56 Å². The number of amides is 2. The number of H-pyrrole nitrogens is 1. The number of rotatable bonds is 3. The highest BCUT2D eigenvalue weighted by Crippen LogP contribution is 2.19. The van der Waals surface area contributed by atoms with E-state index < -0.39 is 0 Å². The predicted octanol–water partition coefficient (Wildman–Crippen LogP) is 2.88. The zero-order valence-corrected chi connectivity index (χ0v) is 10.8. The summed E-state index contributed by atoms with van der Waals surface area (Å²) >= 11 is 0. The standard InChI is InChI=1S/C15H14N4O/c20-15(16-10-11-6-2-1-3-7-11)17-14-12-8-4-5-9-13(12)18-19-14/h1-9H,10H2,(H3,16,17,18,19,20). The van der Waals surface area contributed by atoms with Crippen LogP contribution < -0.4 is 10.6 Å². The van der Waals surface area contributed by atoms with Gasteiger partial charge in [-0.1, -0.05) is 42.5 Å². The molecule has 0 atom stereocenters. The molecule has 5 heteroatoms. The molecule has 3 aromatic rings. The largest absolute Gasteiger partial charge is 0.334 e. The summed E-state index contributed by atoms with van der Waals surface area (Å²) in [7, 11) is 0. The van der Waals surface area contributed by atoms with Crippen molar-refractivity contribution in [1.29, 1.82) is 0 Å². The highest BCUT2D eigenvalue weighted by molar-refractivity contribution is 5.98. The van der Waals surface area contributed by atoms with Gasteiger partial charge < -0.3 is 5.32 Å². The van der Waals surface area contributed by atoms with Gasteiger partial charge >= 0.3 is 6.03 Å². The lowest BCUT2D eigenvalue weighted by Gasteiger charge is -2.05. The summed E-state index contributed by atoms with van der Waals surface area (Å²) in [6.07, 6.45) is 0. The van der Waals surface area contributed by atoms with Crippen LogP contribution in [-0.4, -0.2) is 16.2 Å². The highest BCUT2D eigenvalue weighted by Gasteiger charge is 2.08. The van der Waals surface area contributed by atoms with Gasteiger partial charge in [0, 0.05) is 11.9 Å². The third-order valence-electron chi connectivity index (χ3n) is 3.00. The number of aromatic nitrogens is 2. The molecule has 1 heterocycles. The normalized spacial score (nSPS) is 10.4. The van der Waals surface area contributed by atoms with Crippen molar-refractivity contribution in [2.24, 2.45) is 0 Å². The van der Waals surface area contributed by atoms with Gasteiger partial charge in [-0.25, -0.2) is 4.79 Å². The Morgan fingerprint density at radius 3 is 2.65 bits per heavy atom. The van der Waals surface area contributed by atoms with E-state index in [1.165, 1.54) is 0 Å². The second-order valence-corrected chi connectivity index (χ2v) is 4.41. The number of benzene rings is 2. The van der Waals surface area contributed by atoms with Crippen molar-refractivity contribution < 1.29 is 4.79 Å². The number of nitrogens with zero attached hydrogens (tertiary/aromatic N) is 1. The summed E-state index contributed by atoms with van der Waals surface area (Å²) in [5.74, 6) is 0.533. The fourth-order valence-electron chi connectivity index (χ4n) is 1.99. The first-order chi connectivity index (χ1) is 9.83. The van der Waals surface area contributed by atoms with Gasteiger partial charge in [0.25, 0.3) is 0 Å². The van der Waals surface area contributed by atoms with Gasteiger partial charge in [-0.15, -0.1) is 0 Å². The summed E-state index contributed by atoms with van der Waals surface area (Å²) in [5.41, 5.74) is 1.94. The van der Waals surface area contributed by atoms with Crippen LogP contribution in [0.2, 0.25) is 0 Å². The Labute approximate surface area is 116 Å². The van der Waals surface area contributed by atoms with Gasteiger partial charge in [0.1, 0.15) is 0 Å². The number of carbonyl (C=O) groups is 1.